The van der Waals surface area contributed by atoms with Gasteiger partial charge < -0.3 is 10.1 Å². The van der Waals surface area contributed by atoms with E-state index in [2.05, 4.69) is 10.0 Å². The minimum atomic E-state index is -3.61. The van der Waals surface area contributed by atoms with E-state index in [1.54, 1.807) is 13.0 Å². The highest BCUT2D eigenvalue weighted by Gasteiger charge is 2.23. The lowest BCUT2D eigenvalue weighted by Crippen LogP contribution is -2.36. The van der Waals surface area contributed by atoms with E-state index >= 15 is 0 Å². The molecule has 0 atom stereocenters. The molecule has 0 bridgehead atoms. The van der Waals surface area contributed by atoms with Gasteiger partial charge in [0.15, 0.2) is 0 Å². The van der Waals surface area contributed by atoms with Gasteiger partial charge in [-0.25, -0.2) is 13.1 Å². The fraction of sp³-hybridized carbons (Fsp3) is 0.562. The van der Waals surface area contributed by atoms with Crippen LogP contribution in [0.2, 0.25) is 0 Å². The Hall–Kier alpha value is -1.60. The van der Waals surface area contributed by atoms with Crippen LogP contribution in [0.25, 0.3) is 0 Å². The van der Waals surface area contributed by atoms with Crippen LogP contribution < -0.4 is 14.8 Å². The van der Waals surface area contributed by atoms with Crippen LogP contribution in [0.5, 0.6) is 5.75 Å². The Morgan fingerprint density at radius 3 is 2.57 bits per heavy atom. The van der Waals surface area contributed by atoms with Gasteiger partial charge in [-0.05, 0) is 31.0 Å². The van der Waals surface area contributed by atoms with E-state index in [-0.39, 0.29) is 16.8 Å². The molecule has 2 N–H and O–H groups in total. The second-order valence-electron chi connectivity index (χ2n) is 5.72. The summed E-state index contributed by atoms with van der Waals surface area (Å²) in [5, 5.41) is 2.67. The summed E-state index contributed by atoms with van der Waals surface area (Å²) >= 11 is 0. The average Bonchev–Trinajstić information content (AvgIpc) is 2.55. The molecule has 1 saturated carbocycles. The number of ether oxygens (including phenoxy) is 1. The molecule has 1 amide bonds. The van der Waals surface area contributed by atoms with Gasteiger partial charge in [-0.2, -0.15) is 0 Å². The third kappa shape index (κ3) is 4.68. The summed E-state index contributed by atoms with van der Waals surface area (Å²) in [4.78, 5) is 11.7. The molecule has 128 valence electrons. The molecule has 0 aliphatic heterocycles. The van der Waals surface area contributed by atoms with Crippen molar-refractivity contribution < 1.29 is 17.9 Å². The van der Waals surface area contributed by atoms with Crippen molar-refractivity contribution in [2.75, 3.05) is 12.4 Å². The summed E-state index contributed by atoms with van der Waals surface area (Å²) in [7, 11) is -2.13. The van der Waals surface area contributed by atoms with Gasteiger partial charge in [-0.15, -0.1) is 0 Å². The van der Waals surface area contributed by atoms with Crippen molar-refractivity contribution in [1.29, 1.82) is 0 Å². The molecule has 0 spiro atoms. The molecule has 1 aliphatic rings. The Labute approximate surface area is 137 Å². The van der Waals surface area contributed by atoms with E-state index in [4.69, 9.17) is 4.74 Å². The molecule has 1 aliphatic carbocycles. The SMILES string of the molecule is CCC(=O)Nc1cc(S(=O)(=O)NC2CCCCC2)ccc1OC. The number of methoxy groups -OCH3 is 1. The van der Waals surface area contributed by atoms with Gasteiger partial charge in [0, 0.05) is 12.5 Å². The average molecular weight is 340 g/mol. The third-order valence-electron chi connectivity index (χ3n) is 4.00. The lowest BCUT2D eigenvalue weighted by molar-refractivity contribution is -0.115. The van der Waals surface area contributed by atoms with E-state index in [9.17, 15) is 13.2 Å². The molecule has 0 radical (unpaired) electrons. The quantitative estimate of drug-likeness (QED) is 0.834. The fourth-order valence-electron chi connectivity index (χ4n) is 2.70. The zero-order valence-electron chi connectivity index (χ0n) is 13.6. The number of carbonyl (C=O) groups excluding carboxylic acids is 1. The maximum atomic E-state index is 12.5. The Morgan fingerprint density at radius 2 is 1.96 bits per heavy atom. The second-order valence-corrected chi connectivity index (χ2v) is 7.43. The minimum absolute atomic E-state index is 0.00969. The van der Waals surface area contributed by atoms with Gasteiger partial charge in [0.1, 0.15) is 5.75 Å². The van der Waals surface area contributed by atoms with Crippen LogP contribution >= 0.6 is 0 Å². The number of rotatable bonds is 6. The van der Waals surface area contributed by atoms with Gasteiger partial charge in [-0.1, -0.05) is 26.2 Å². The van der Waals surface area contributed by atoms with Crippen molar-refractivity contribution in [3.63, 3.8) is 0 Å². The normalized spacial score (nSPS) is 16.1. The van der Waals surface area contributed by atoms with E-state index in [1.165, 1.54) is 19.2 Å². The summed E-state index contributed by atoms with van der Waals surface area (Å²) in [6, 6.07) is 4.48. The zero-order valence-corrected chi connectivity index (χ0v) is 14.4. The number of hydrogen-bond acceptors (Lipinski definition) is 4. The Kier molecular flexibility index (Phi) is 6.01. The molecule has 7 heteroatoms. The molecule has 0 heterocycles. The van der Waals surface area contributed by atoms with Crippen molar-refractivity contribution in [2.45, 2.75) is 56.4 Å². The highest BCUT2D eigenvalue weighted by Crippen LogP contribution is 2.28. The molecule has 0 aromatic heterocycles. The third-order valence-corrected chi connectivity index (χ3v) is 5.52. The predicted octanol–water partition coefficient (Wildman–Crippen LogP) is 2.65. The van der Waals surface area contributed by atoms with Gasteiger partial charge in [-0.3, -0.25) is 4.79 Å². The topological polar surface area (TPSA) is 84.5 Å². The number of anilines is 1. The van der Waals surface area contributed by atoms with Gasteiger partial charge >= 0.3 is 0 Å². The highest BCUT2D eigenvalue weighted by atomic mass is 32.2. The molecular weight excluding hydrogens is 316 g/mol. The number of benzene rings is 1. The van der Waals surface area contributed by atoms with Crippen molar-refractivity contribution in [3.05, 3.63) is 18.2 Å². The maximum Gasteiger partial charge on any atom is 0.240 e. The molecule has 0 unspecified atom stereocenters. The van der Waals surface area contributed by atoms with Crippen LogP contribution in [0.15, 0.2) is 23.1 Å². The summed E-state index contributed by atoms with van der Waals surface area (Å²) in [6.07, 6.45) is 5.30. The number of carbonyl (C=O) groups is 1. The van der Waals surface area contributed by atoms with E-state index in [1.807, 2.05) is 0 Å². The lowest BCUT2D eigenvalue weighted by atomic mass is 9.96. The van der Waals surface area contributed by atoms with Crippen LogP contribution in [0, 0.1) is 0 Å². The first-order valence-electron chi connectivity index (χ1n) is 7.96. The van der Waals surface area contributed by atoms with Crippen LogP contribution in [0.1, 0.15) is 45.4 Å². The minimum Gasteiger partial charge on any atom is -0.495 e. The Morgan fingerprint density at radius 1 is 1.26 bits per heavy atom. The molecule has 1 aromatic carbocycles. The standard InChI is InChI=1S/C16H24N2O4S/c1-3-16(19)17-14-11-13(9-10-15(14)22-2)23(20,21)18-12-7-5-4-6-8-12/h9-12,18H,3-8H2,1-2H3,(H,17,19). The van der Waals surface area contributed by atoms with Gasteiger partial charge in [0.25, 0.3) is 0 Å². The number of nitrogens with one attached hydrogen (secondary N) is 2. The van der Waals surface area contributed by atoms with Crippen LogP contribution in [-0.4, -0.2) is 27.5 Å². The molecule has 1 aromatic rings. The first-order valence-corrected chi connectivity index (χ1v) is 9.45. The van der Waals surface area contributed by atoms with Crippen molar-refractivity contribution >= 4 is 21.6 Å². The molecule has 1 fully saturated rings. The maximum absolute atomic E-state index is 12.5. The molecule has 23 heavy (non-hydrogen) atoms. The number of amides is 1. The molecule has 2 rings (SSSR count). The Bertz CT molecular complexity index is 652. The van der Waals surface area contributed by atoms with E-state index < -0.39 is 10.0 Å². The van der Waals surface area contributed by atoms with Crippen molar-refractivity contribution in [1.82, 2.24) is 4.72 Å². The first kappa shape index (κ1) is 17.7. The van der Waals surface area contributed by atoms with E-state index in [0.717, 1.165) is 32.1 Å². The molecular formula is C16H24N2O4S. The Balaban J connectivity index is 2.23. The van der Waals surface area contributed by atoms with Crippen molar-refractivity contribution in [2.24, 2.45) is 0 Å². The molecule has 0 saturated heterocycles. The lowest BCUT2D eigenvalue weighted by Gasteiger charge is -2.22. The second kappa shape index (κ2) is 7.79. The number of sulfonamides is 1. The van der Waals surface area contributed by atoms with Gasteiger partial charge in [0.05, 0.1) is 17.7 Å². The largest absolute Gasteiger partial charge is 0.495 e. The smallest absolute Gasteiger partial charge is 0.240 e. The highest BCUT2D eigenvalue weighted by molar-refractivity contribution is 7.89. The van der Waals surface area contributed by atoms with E-state index in [0.29, 0.717) is 17.9 Å². The zero-order chi connectivity index (χ0) is 16.9. The van der Waals surface area contributed by atoms with Crippen LogP contribution in [0.4, 0.5) is 5.69 Å². The number of hydrogen-bond donors (Lipinski definition) is 2. The fourth-order valence-corrected chi connectivity index (χ4v) is 4.03. The summed E-state index contributed by atoms with van der Waals surface area (Å²) in [5.74, 6) is 0.238. The molecule has 6 nitrogen and oxygen atoms in total. The monoisotopic (exact) mass is 340 g/mol. The predicted molar refractivity (Wildman–Crippen MR) is 89.1 cm³/mol. The summed E-state index contributed by atoms with van der Waals surface area (Å²) in [6.45, 7) is 1.73. The first-order chi connectivity index (χ1) is 11.0. The summed E-state index contributed by atoms with van der Waals surface area (Å²) < 4.78 is 33.0. The van der Waals surface area contributed by atoms with Crippen molar-refractivity contribution in [3.8, 4) is 5.75 Å². The van der Waals surface area contributed by atoms with Crippen LogP contribution in [-0.2, 0) is 14.8 Å². The summed E-state index contributed by atoms with van der Waals surface area (Å²) in [5.41, 5.74) is 0.367. The van der Waals surface area contributed by atoms with Crippen LogP contribution in [0.3, 0.4) is 0 Å². The van der Waals surface area contributed by atoms with Gasteiger partial charge in [0.2, 0.25) is 15.9 Å².